The third kappa shape index (κ3) is 3.57. The van der Waals surface area contributed by atoms with E-state index in [9.17, 15) is 9.59 Å². The Bertz CT molecular complexity index is 817. The minimum Gasteiger partial charge on any atom is -0.307 e. The number of fused-ring (bicyclic) bond motifs is 2. The Labute approximate surface area is 150 Å². The van der Waals surface area contributed by atoms with Gasteiger partial charge in [-0.2, -0.15) is 0 Å². The average molecular weight is 337 g/mol. The topological polar surface area (TPSA) is 37.4 Å². The summed E-state index contributed by atoms with van der Waals surface area (Å²) in [4.78, 5) is 27.4. The highest BCUT2D eigenvalue weighted by Gasteiger charge is 2.31. The maximum Gasteiger partial charge on any atom is 0.194 e. The van der Waals surface area contributed by atoms with Crippen molar-refractivity contribution in [3.8, 4) is 0 Å². The van der Waals surface area contributed by atoms with Crippen LogP contribution in [0.2, 0.25) is 0 Å². The molecule has 0 fully saturated rings. The molecule has 0 saturated heterocycles. The smallest absolute Gasteiger partial charge is 0.194 e. The largest absolute Gasteiger partial charge is 0.307 e. The fraction of sp³-hybridized carbons (Fsp3) is 0.364. The highest BCUT2D eigenvalue weighted by molar-refractivity contribution is 6.29. The van der Waals surface area contributed by atoms with Crippen LogP contribution in [-0.2, 0) is 0 Å². The summed E-state index contributed by atoms with van der Waals surface area (Å²) in [5.74, 6) is -0.0813. The molecule has 3 nitrogen and oxygen atoms in total. The van der Waals surface area contributed by atoms with Gasteiger partial charge in [0.05, 0.1) is 0 Å². The summed E-state index contributed by atoms with van der Waals surface area (Å²) in [5, 5.41) is 0. The Hall–Kier alpha value is -2.26. The predicted octanol–water partition coefficient (Wildman–Crippen LogP) is 4.35. The van der Waals surface area contributed by atoms with Gasteiger partial charge >= 0.3 is 0 Å². The van der Waals surface area contributed by atoms with Gasteiger partial charge in [-0.05, 0) is 63.7 Å². The number of aryl methyl sites for hydroxylation is 1. The van der Waals surface area contributed by atoms with Gasteiger partial charge in [0.1, 0.15) is 0 Å². The van der Waals surface area contributed by atoms with Gasteiger partial charge in [0, 0.05) is 22.3 Å². The van der Waals surface area contributed by atoms with Crippen LogP contribution in [0, 0.1) is 20.8 Å². The number of rotatable bonds is 2. The highest BCUT2D eigenvalue weighted by Crippen LogP contribution is 2.31. The van der Waals surface area contributed by atoms with E-state index in [-0.39, 0.29) is 11.6 Å². The molecule has 1 aliphatic rings. The predicted molar refractivity (Wildman–Crippen MR) is 103 cm³/mol. The number of carbonyl (C=O) groups excluding carboxylic acids is 2. The van der Waals surface area contributed by atoms with E-state index < -0.39 is 0 Å². The third-order valence-electron chi connectivity index (χ3n) is 5.13. The maximum absolute atomic E-state index is 12.6. The van der Waals surface area contributed by atoms with Gasteiger partial charge in [0.15, 0.2) is 11.6 Å². The lowest BCUT2D eigenvalue weighted by molar-refractivity contribution is 0.0978. The first-order chi connectivity index (χ1) is 11.8. The van der Waals surface area contributed by atoms with Gasteiger partial charge in [0.25, 0.3) is 0 Å². The summed E-state index contributed by atoms with van der Waals surface area (Å²) < 4.78 is 0. The van der Waals surface area contributed by atoms with Gasteiger partial charge in [-0.15, -0.1) is 0 Å². The van der Waals surface area contributed by atoms with E-state index in [1.54, 1.807) is 24.3 Å². The normalized spacial score (nSPS) is 12.4. The molecular formula is C22H27NO2. The summed E-state index contributed by atoms with van der Waals surface area (Å²) in [5.41, 5.74) is 5.21. The van der Waals surface area contributed by atoms with Crippen molar-refractivity contribution in [2.24, 2.45) is 0 Å². The molecule has 2 aromatic carbocycles. The standard InChI is InChI=1S/C17H14O2.C5H13N/c1-9-8-14-15(11(3)10(9)2)17(19)13-7-5-4-6-12(13)16(14)18;1-4-6(3)5-2/h4-8H,1-3H3;4-5H2,1-3H3. The van der Waals surface area contributed by atoms with Gasteiger partial charge < -0.3 is 4.90 Å². The molecule has 0 unspecified atom stereocenters. The molecule has 0 amide bonds. The minimum atomic E-state index is -0.0450. The Kier molecular flexibility index (Phi) is 5.91. The van der Waals surface area contributed by atoms with Crippen LogP contribution in [0.15, 0.2) is 30.3 Å². The molecule has 0 bridgehead atoms. The van der Waals surface area contributed by atoms with Crippen LogP contribution in [0.4, 0.5) is 0 Å². The fourth-order valence-electron chi connectivity index (χ4n) is 2.94. The first kappa shape index (κ1) is 19.1. The number of benzene rings is 2. The molecule has 132 valence electrons. The second kappa shape index (κ2) is 7.75. The zero-order valence-electron chi connectivity index (χ0n) is 16.1. The molecule has 0 aliphatic heterocycles. The van der Waals surface area contributed by atoms with Gasteiger partial charge in [0.2, 0.25) is 0 Å². The van der Waals surface area contributed by atoms with Crippen LogP contribution in [-0.4, -0.2) is 36.6 Å². The van der Waals surface area contributed by atoms with E-state index in [2.05, 4.69) is 25.8 Å². The Morgan fingerprint density at radius 1 is 0.800 bits per heavy atom. The molecule has 0 N–H and O–H groups in total. The summed E-state index contributed by atoms with van der Waals surface area (Å²) in [6, 6.07) is 8.89. The van der Waals surface area contributed by atoms with E-state index in [1.807, 2.05) is 26.8 Å². The molecule has 0 spiro atoms. The second-order valence-electron chi connectivity index (χ2n) is 6.56. The molecule has 25 heavy (non-hydrogen) atoms. The summed E-state index contributed by atoms with van der Waals surface area (Å²) in [6.45, 7) is 12.5. The van der Waals surface area contributed by atoms with Crippen molar-refractivity contribution in [3.63, 3.8) is 0 Å². The Morgan fingerprint density at radius 2 is 1.32 bits per heavy atom. The molecule has 0 atom stereocenters. The van der Waals surface area contributed by atoms with Crippen molar-refractivity contribution in [1.29, 1.82) is 0 Å². The maximum atomic E-state index is 12.6. The van der Waals surface area contributed by atoms with Crippen molar-refractivity contribution in [2.75, 3.05) is 20.1 Å². The molecule has 0 saturated carbocycles. The van der Waals surface area contributed by atoms with Crippen LogP contribution < -0.4 is 0 Å². The van der Waals surface area contributed by atoms with Crippen LogP contribution in [0.25, 0.3) is 0 Å². The van der Waals surface area contributed by atoms with Crippen molar-refractivity contribution in [1.82, 2.24) is 4.90 Å². The van der Waals surface area contributed by atoms with Crippen molar-refractivity contribution in [2.45, 2.75) is 34.6 Å². The monoisotopic (exact) mass is 337 g/mol. The fourth-order valence-corrected chi connectivity index (χ4v) is 2.94. The molecular weight excluding hydrogens is 310 g/mol. The molecule has 1 aliphatic carbocycles. The van der Waals surface area contributed by atoms with Crippen LogP contribution in [0.1, 0.15) is 62.4 Å². The highest BCUT2D eigenvalue weighted by atomic mass is 16.1. The first-order valence-corrected chi connectivity index (χ1v) is 8.81. The first-order valence-electron chi connectivity index (χ1n) is 8.81. The SMILES string of the molecule is CCN(C)CC.Cc1cc2c(c(C)c1C)C(=O)c1ccccc1C2=O. The van der Waals surface area contributed by atoms with E-state index in [1.165, 1.54) is 0 Å². The summed E-state index contributed by atoms with van der Waals surface area (Å²) in [7, 11) is 2.11. The number of carbonyl (C=O) groups is 2. The zero-order chi connectivity index (χ0) is 18.7. The number of ketones is 2. The number of hydrogen-bond acceptors (Lipinski definition) is 3. The molecule has 3 rings (SSSR count). The number of hydrogen-bond donors (Lipinski definition) is 0. The zero-order valence-corrected chi connectivity index (χ0v) is 16.1. The van der Waals surface area contributed by atoms with Gasteiger partial charge in [-0.25, -0.2) is 0 Å². The lowest BCUT2D eigenvalue weighted by Crippen LogP contribution is -2.22. The van der Waals surface area contributed by atoms with Crippen molar-refractivity contribution < 1.29 is 9.59 Å². The Morgan fingerprint density at radius 3 is 1.80 bits per heavy atom. The van der Waals surface area contributed by atoms with Gasteiger partial charge in [-0.3, -0.25) is 9.59 Å². The van der Waals surface area contributed by atoms with E-state index in [0.29, 0.717) is 22.3 Å². The Balaban J connectivity index is 0.000000326. The van der Waals surface area contributed by atoms with Crippen LogP contribution in [0.5, 0.6) is 0 Å². The van der Waals surface area contributed by atoms with Crippen molar-refractivity contribution in [3.05, 3.63) is 69.3 Å². The van der Waals surface area contributed by atoms with Gasteiger partial charge in [-0.1, -0.05) is 38.1 Å². The third-order valence-corrected chi connectivity index (χ3v) is 5.13. The average Bonchev–Trinajstić information content (AvgIpc) is 2.63. The summed E-state index contributed by atoms with van der Waals surface area (Å²) >= 11 is 0. The molecule has 0 radical (unpaired) electrons. The molecule has 0 aromatic heterocycles. The summed E-state index contributed by atoms with van der Waals surface area (Å²) in [6.07, 6.45) is 0. The van der Waals surface area contributed by atoms with Crippen molar-refractivity contribution >= 4 is 11.6 Å². The minimum absolute atomic E-state index is 0.0363. The molecule has 3 heteroatoms. The van der Waals surface area contributed by atoms with Crippen LogP contribution >= 0.6 is 0 Å². The lowest BCUT2D eigenvalue weighted by Gasteiger charge is -2.21. The second-order valence-corrected chi connectivity index (χ2v) is 6.56. The molecule has 2 aromatic rings. The lowest BCUT2D eigenvalue weighted by atomic mass is 9.80. The van der Waals surface area contributed by atoms with E-state index in [0.717, 1.165) is 29.8 Å². The van der Waals surface area contributed by atoms with E-state index >= 15 is 0 Å². The van der Waals surface area contributed by atoms with E-state index in [4.69, 9.17) is 0 Å². The quantitative estimate of drug-likeness (QED) is 0.698. The van der Waals surface area contributed by atoms with Crippen LogP contribution in [0.3, 0.4) is 0 Å². The number of nitrogens with zero attached hydrogens (tertiary/aromatic N) is 1. The molecule has 0 heterocycles.